The van der Waals surface area contributed by atoms with Gasteiger partial charge in [0, 0.05) is 11.1 Å². The summed E-state index contributed by atoms with van der Waals surface area (Å²) < 4.78 is 0. The van der Waals surface area contributed by atoms with E-state index in [0.29, 0.717) is 0 Å². The number of rotatable bonds is 0. The maximum atomic E-state index is 11.8. The quantitative estimate of drug-likeness (QED) is 0.764. The molecule has 0 atom stereocenters. The largest absolute Gasteiger partial charge is 0.323 e. The summed E-state index contributed by atoms with van der Waals surface area (Å²) in [5.41, 5.74) is 6.24. The smallest absolute Gasteiger partial charge is 0.307 e. The Morgan fingerprint density at radius 2 is 1.20 bits per heavy atom. The van der Waals surface area contributed by atoms with E-state index in [1.807, 2.05) is 31.1 Å². The van der Waals surface area contributed by atoms with Crippen LogP contribution >= 0.6 is 0 Å². The van der Waals surface area contributed by atoms with Gasteiger partial charge in [-0.05, 0) is 37.1 Å². The molecule has 0 radical (unpaired) electrons. The highest BCUT2D eigenvalue weighted by molar-refractivity contribution is 6.09. The first-order valence-electron chi connectivity index (χ1n) is 6.23. The number of anilines is 2. The molecule has 0 unspecified atom stereocenters. The van der Waals surface area contributed by atoms with Gasteiger partial charge in [0.25, 0.3) is 0 Å². The minimum atomic E-state index is -0.189. The minimum absolute atomic E-state index is 0.189. The highest BCUT2D eigenvalue weighted by Gasteiger charge is 2.20. The van der Waals surface area contributed by atoms with E-state index in [-0.39, 0.29) is 6.03 Å². The number of carbonyl (C=O) groups excluding carboxylic acids is 2. The van der Waals surface area contributed by atoms with Gasteiger partial charge < -0.3 is 15.4 Å². The normalized spacial score (nSPS) is 11.8. The van der Waals surface area contributed by atoms with Crippen LogP contribution in [0, 0.1) is 13.8 Å². The summed E-state index contributed by atoms with van der Waals surface area (Å²) >= 11 is 0. The van der Waals surface area contributed by atoms with Crippen LogP contribution in [0.1, 0.15) is 11.1 Å². The first-order valence-corrected chi connectivity index (χ1v) is 6.23. The molecule has 2 amide bonds. The van der Waals surface area contributed by atoms with Gasteiger partial charge in [-0.25, -0.2) is 4.79 Å². The van der Waals surface area contributed by atoms with Crippen molar-refractivity contribution < 1.29 is 9.59 Å². The number of aryl methyl sites for hydroxylation is 2. The second-order valence-corrected chi connectivity index (χ2v) is 4.57. The lowest BCUT2D eigenvalue weighted by Gasteiger charge is -2.13. The van der Waals surface area contributed by atoms with Gasteiger partial charge in [-0.3, -0.25) is 0 Å². The van der Waals surface area contributed by atoms with E-state index in [2.05, 4.69) is 36.6 Å². The Bertz CT molecular complexity index is 610. The van der Waals surface area contributed by atoms with Crippen molar-refractivity contribution in [2.45, 2.75) is 13.8 Å². The van der Waals surface area contributed by atoms with Crippen molar-refractivity contribution in [3.05, 3.63) is 47.5 Å². The fraction of sp³-hybridized carbons (Fsp3) is 0.125. The average Bonchev–Trinajstić information content (AvgIpc) is 2.58. The average molecular weight is 268 g/mol. The molecule has 102 valence electrons. The van der Waals surface area contributed by atoms with E-state index in [1.165, 1.54) is 0 Å². The molecule has 0 aliphatic carbocycles. The molecule has 1 aliphatic rings. The van der Waals surface area contributed by atoms with Crippen molar-refractivity contribution in [2.75, 3.05) is 10.6 Å². The molecule has 0 saturated carbocycles. The predicted octanol–water partition coefficient (Wildman–Crippen LogP) is 3.74. The van der Waals surface area contributed by atoms with Crippen molar-refractivity contribution in [2.24, 2.45) is 0 Å². The molecular weight excluding hydrogens is 252 g/mol. The van der Waals surface area contributed by atoms with Gasteiger partial charge in [-0.15, -0.1) is 0 Å². The molecule has 4 heteroatoms. The summed E-state index contributed by atoms with van der Waals surface area (Å²) in [6, 6.07) is 11.7. The summed E-state index contributed by atoms with van der Waals surface area (Å²) in [7, 11) is 0. The Hall–Kier alpha value is -2.62. The van der Waals surface area contributed by atoms with E-state index in [9.17, 15) is 4.79 Å². The second kappa shape index (κ2) is 5.57. The molecule has 0 spiro atoms. The van der Waals surface area contributed by atoms with Gasteiger partial charge in [-0.1, -0.05) is 24.3 Å². The van der Waals surface area contributed by atoms with Crippen molar-refractivity contribution in [3.63, 3.8) is 0 Å². The monoisotopic (exact) mass is 268 g/mol. The Labute approximate surface area is 117 Å². The van der Waals surface area contributed by atoms with Crippen LogP contribution in [0.15, 0.2) is 36.4 Å². The van der Waals surface area contributed by atoms with E-state index >= 15 is 0 Å². The first-order chi connectivity index (χ1) is 9.66. The molecule has 3 rings (SSSR count). The number of hydrogen-bond acceptors (Lipinski definition) is 2. The molecule has 1 heterocycles. The molecule has 1 aliphatic heterocycles. The van der Waals surface area contributed by atoms with Crippen molar-refractivity contribution >= 4 is 24.2 Å². The number of hydrogen-bond donors (Lipinski definition) is 2. The standard InChI is InChI=1S/C15H14N2O.CH2O/c1-9-5-3-7-11-13(9)14-10(2)6-4-8-12(14)17-15(18)16-11;1-2/h3-8H,1-2H3,(H2,16,17,18);1H2. The van der Waals surface area contributed by atoms with Crippen LogP contribution in [0.3, 0.4) is 0 Å². The van der Waals surface area contributed by atoms with Crippen LogP contribution < -0.4 is 10.6 Å². The molecule has 2 aromatic rings. The van der Waals surface area contributed by atoms with Gasteiger partial charge in [-0.2, -0.15) is 0 Å². The zero-order chi connectivity index (χ0) is 14.7. The zero-order valence-corrected chi connectivity index (χ0v) is 11.5. The Morgan fingerprint density at radius 3 is 1.60 bits per heavy atom. The van der Waals surface area contributed by atoms with Crippen molar-refractivity contribution in [3.8, 4) is 11.1 Å². The molecule has 2 aromatic carbocycles. The van der Waals surface area contributed by atoms with Gasteiger partial charge >= 0.3 is 6.03 Å². The van der Waals surface area contributed by atoms with E-state index in [1.54, 1.807) is 0 Å². The van der Waals surface area contributed by atoms with Crippen LogP contribution in [0.2, 0.25) is 0 Å². The predicted molar refractivity (Wildman–Crippen MR) is 81.1 cm³/mol. The topological polar surface area (TPSA) is 58.2 Å². The Kier molecular flexibility index (Phi) is 3.84. The lowest BCUT2D eigenvalue weighted by Crippen LogP contribution is -2.17. The highest BCUT2D eigenvalue weighted by Crippen LogP contribution is 2.40. The van der Waals surface area contributed by atoms with Crippen LogP contribution in [0.5, 0.6) is 0 Å². The lowest BCUT2D eigenvalue weighted by molar-refractivity contribution is -0.0979. The summed E-state index contributed by atoms with van der Waals surface area (Å²) in [6.45, 7) is 6.12. The molecule has 0 saturated heterocycles. The van der Waals surface area contributed by atoms with E-state index in [4.69, 9.17) is 4.79 Å². The third kappa shape index (κ3) is 2.28. The van der Waals surface area contributed by atoms with Crippen LogP contribution in [-0.2, 0) is 4.79 Å². The van der Waals surface area contributed by atoms with Gasteiger partial charge in [0.2, 0.25) is 0 Å². The number of amides is 2. The summed E-state index contributed by atoms with van der Waals surface area (Å²) in [5.74, 6) is 0. The third-order valence-electron chi connectivity index (χ3n) is 3.29. The SMILES string of the molecule is C=O.Cc1cccc2c1-c1c(C)cccc1NC(=O)N2. The number of urea groups is 1. The lowest BCUT2D eigenvalue weighted by atomic mass is 9.94. The van der Waals surface area contributed by atoms with Gasteiger partial charge in [0.15, 0.2) is 0 Å². The van der Waals surface area contributed by atoms with Crippen LogP contribution in [-0.4, -0.2) is 12.8 Å². The molecule has 0 aromatic heterocycles. The molecule has 4 nitrogen and oxygen atoms in total. The fourth-order valence-electron chi connectivity index (χ4n) is 2.48. The Balaban J connectivity index is 0.000000704. The van der Waals surface area contributed by atoms with Gasteiger partial charge in [0.05, 0.1) is 11.4 Å². The first kappa shape index (κ1) is 13.8. The van der Waals surface area contributed by atoms with Crippen molar-refractivity contribution in [1.82, 2.24) is 0 Å². The maximum absolute atomic E-state index is 11.8. The number of benzene rings is 2. The molecule has 20 heavy (non-hydrogen) atoms. The maximum Gasteiger partial charge on any atom is 0.323 e. The molecule has 2 N–H and O–H groups in total. The second-order valence-electron chi connectivity index (χ2n) is 4.57. The van der Waals surface area contributed by atoms with Crippen LogP contribution in [0.4, 0.5) is 16.2 Å². The molecule has 0 fully saturated rings. The van der Waals surface area contributed by atoms with Crippen molar-refractivity contribution in [1.29, 1.82) is 0 Å². The summed E-state index contributed by atoms with van der Waals surface area (Å²) in [6.07, 6.45) is 0. The minimum Gasteiger partial charge on any atom is -0.307 e. The number of fused-ring (bicyclic) bond motifs is 3. The number of nitrogens with one attached hydrogen (secondary N) is 2. The number of carbonyl (C=O) groups is 2. The zero-order valence-electron chi connectivity index (χ0n) is 11.5. The van der Waals surface area contributed by atoms with Gasteiger partial charge in [0.1, 0.15) is 6.79 Å². The third-order valence-corrected chi connectivity index (χ3v) is 3.29. The highest BCUT2D eigenvalue weighted by atomic mass is 16.2. The molecule has 0 bridgehead atoms. The Morgan fingerprint density at radius 1 is 0.800 bits per heavy atom. The summed E-state index contributed by atoms with van der Waals surface area (Å²) in [5, 5.41) is 5.77. The van der Waals surface area contributed by atoms with E-state index < -0.39 is 0 Å². The summed E-state index contributed by atoms with van der Waals surface area (Å²) in [4.78, 5) is 19.8. The van der Waals surface area contributed by atoms with Crippen LogP contribution in [0.25, 0.3) is 11.1 Å². The molecular formula is C16H16N2O2. The van der Waals surface area contributed by atoms with E-state index in [0.717, 1.165) is 33.6 Å². The fourth-order valence-corrected chi connectivity index (χ4v) is 2.48.